The quantitative estimate of drug-likeness (QED) is 0.572. The maximum absolute atomic E-state index is 11.8. The number of halogens is 4. The van der Waals surface area contributed by atoms with E-state index in [2.05, 4.69) is 0 Å². The summed E-state index contributed by atoms with van der Waals surface area (Å²) in [5.74, 6) is 0. The summed E-state index contributed by atoms with van der Waals surface area (Å²) in [7, 11) is 0. The van der Waals surface area contributed by atoms with Gasteiger partial charge in [-0.1, -0.05) is 41.9 Å². The summed E-state index contributed by atoms with van der Waals surface area (Å²) in [4.78, 5) is 19.1. The molecule has 6 nitrogen and oxygen atoms in total. The van der Waals surface area contributed by atoms with Crippen LogP contribution in [-0.2, 0) is 6.18 Å². The van der Waals surface area contributed by atoms with Crippen LogP contribution in [-0.4, -0.2) is 9.85 Å². The Morgan fingerprint density at radius 2 is 1.26 bits per heavy atom. The van der Waals surface area contributed by atoms with E-state index in [0.29, 0.717) is 0 Å². The topological polar surface area (TPSA) is 86.3 Å². The van der Waals surface area contributed by atoms with Crippen LogP contribution in [0.5, 0.6) is 0 Å². The molecule has 0 spiro atoms. The SMILES string of the molecule is FC(F)(F)c1ccccc1.O=[N+]([O-])c1cccc([N+](=O)[O-])c1Cl. The third kappa shape index (κ3) is 5.22. The van der Waals surface area contributed by atoms with Crippen LogP contribution >= 0.6 is 11.6 Å². The minimum Gasteiger partial charge on any atom is -0.258 e. The first-order chi connectivity index (χ1) is 10.6. The van der Waals surface area contributed by atoms with E-state index in [0.717, 1.165) is 24.3 Å². The molecule has 23 heavy (non-hydrogen) atoms. The van der Waals surface area contributed by atoms with Crippen LogP contribution in [0.15, 0.2) is 48.5 Å². The van der Waals surface area contributed by atoms with Gasteiger partial charge in [0.15, 0.2) is 5.02 Å². The second-order valence-electron chi connectivity index (χ2n) is 3.99. The first kappa shape index (κ1) is 18.4. The third-order valence-corrected chi connectivity index (χ3v) is 2.84. The van der Waals surface area contributed by atoms with Crippen molar-refractivity contribution in [2.75, 3.05) is 0 Å². The summed E-state index contributed by atoms with van der Waals surface area (Å²) in [6.45, 7) is 0. The molecule has 0 aliphatic carbocycles. The van der Waals surface area contributed by atoms with Crippen LogP contribution in [0.2, 0.25) is 5.02 Å². The van der Waals surface area contributed by atoms with Gasteiger partial charge in [-0.05, 0) is 6.07 Å². The van der Waals surface area contributed by atoms with E-state index >= 15 is 0 Å². The average Bonchev–Trinajstić information content (AvgIpc) is 2.47. The van der Waals surface area contributed by atoms with Crippen molar-refractivity contribution in [3.05, 3.63) is 79.3 Å². The lowest BCUT2D eigenvalue weighted by Gasteiger charge is -2.03. The molecule has 0 saturated heterocycles. The fraction of sp³-hybridized carbons (Fsp3) is 0.0769. The number of hydrogen-bond donors (Lipinski definition) is 0. The molecular weight excluding hydrogens is 341 g/mol. The molecule has 0 aliphatic heterocycles. The Bertz CT molecular complexity index is 676. The maximum atomic E-state index is 11.8. The number of nitrogens with zero attached hydrogens (tertiary/aromatic N) is 2. The van der Waals surface area contributed by atoms with Crippen LogP contribution in [0.25, 0.3) is 0 Å². The fourth-order valence-electron chi connectivity index (χ4n) is 1.42. The second-order valence-corrected chi connectivity index (χ2v) is 4.37. The van der Waals surface area contributed by atoms with Gasteiger partial charge >= 0.3 is 6.18 Å². The molecule has 0 unspecified atom stereocenters. The molecule has 0 N–H and O–H groups in total. The van der Waals surface area contributed by atoms with Crippen molar-refractivity contribution in [2.24, 2.45) is 0 Å². The van der Waals surface area contributed by atoms with E-state index in [4.69, 9.17) is 11.6 Å². The summed E-state index contributed by atoms with van der Waals surface area (Å²) in [6, 6.07) is 9.79. The van der Waals surface area contributed by atoms with Gasteiger partial charge in [0.2, 0.25) is 0 Å². The lowest BCUT2D eigenvalue weighted by atomic mass is 10.2. The Hall–Kier alpha value is -2.68. The normalized spacial score (nSPS) is 10.4. The first-order valence-corrected chi connectivity index (χ1v) is 6.22. The highest BCUT2D eigenvalue weighted by Crippen LogP contribution is 2.32. The van der Waals surface area contributed by atoms with Crippen molar-refractivity contribution < 1.29 is 23.0 Å². The van der Waals surface area contributed by atoms with Gasteiger partial charge in [0, 0.05) is 12.1 Å². The van der Waals surface area contributed by atoms with Gasteiger partial charge in [-0.15, -0.1) is 0 Å². The minimum atomic E-state index is -4.21. The monoisotopic (exact) mass is 348 g/mol. The summed E-state index contributed by atoms with van der Waals surface area (Å²) in [5, 5.41) is 20.1. The summed E-state index contributed by atoms with van der Waals surface area (Å²) in [5.41, 5.74) is -1.53. The molecule has 0 saturated carbocycles. The van der Waals surface area contributed by atoms with Crippen LogP contribution in [0, 0.1) is 20.2 Å². The Kier molecular flexibility index (Phi) is 6.02. The van der Waals surface area contributed by atoms with E-state index in [1.807, 2.05) is 0 Å². The van der Waals surface area contributed by atoms with E-state index in [1.54, 1.807) is 6.07 Å². The van der Waals surface area contributed by atoms with E-state index < -0.39 is 38.0 Å². The van der Waals surface area contributed by atoms with Gasteiger partial charge in [-0.2, -0.15) is 13.2 Å². The Morgan fingerprint density at radius 1 is 0.826 bits per heavy atom. The van der Waals surface area contributed by atoms with Gasteiger partial charge in [0.25, 0.3) is 11.4 Å². The van der Waals surface area contributed by atoms with Crippen molar-refractivity contribution in [1.82, 2.24) is 0 Å². The molecule has 0 atom stereocenters. The molecular formula is C13H8ClF3N2O4. The third-order valence-electron chi connectivity index (χ3n) is 2.45. The predicted molar refractivity (Wildman–Crippen MR) is 76.2 cm³/mol. The number of benzene rings is 2. The lowest BCUT2D eigenvalue weighted by molar-refractivity contribution is -0.393. The predicted octanol–water partition coefficient (Wildman–Crippen LogP) is 4.86. The number of nitro benzene ring substituents is 2. The van der Waals surface area contributed by atoms with Crippen molar-refractivity contribution in [2.45, 2.75) is 6.18 Å². The van der Waals surface area contributed by atoms with Crippen molar-refractivity contribution in [3.8, 4) is 0 Å². The van der Waals surface area contributed by atoms with Gasteiger partial charge < -0.3 is 0 Å². The molecule has 10 heteroatoms. The molecule has 0 amide bonds. The smallest absolute Gasteiger partial charge is 0.258 e. The summed E-state index contributed by atoms with van der Waals surface area (Å²) >= 11 is 5.42. The fourth-order valence-corrected chi connectivity index (χ4v) is 1.68. The lowest BCUT2D eigenvalue weighted by Crippen LogP contribution is -2.03. The summed E-state index contributed by atoms with van der Waals surface area (Å²) in [6.07, 6.45) is -4.21. The van der Waals surface area contributed by atoms with Crippen molar-refractivity contribution in [3.63, 3.8) is 0 Å². The van der Waals surface area contributed by atoms with Crippen LogP contribution in [0.1, 0.15) is 5.56 Å². The summed E-state index contributed by atoms with van der Waals surface area (Å²) < 4.78 is 35.4. The van der Waals surface area contributed by atoms with Crippen LogP contribution in [0.3, 0.4) is 0 Å². The zero-order valence-corrected chi connectivity index (χ0v) is 11.9. The van der Waals surface area contributed by atoms with Crippen molar-refractivity contribution >= 4 is 23.0 Å². The maximum Gasteiger partial charge on any atom is 0.416 e. The Morgan fingerprint density at radius 3 is 1.57 bits per heavy atom. The number of rotatable bonds is 2. The van der Waals surface area contributed by atoms with E-state index in [9.17, 15) is 33.4 Å². The molecule has 0 heterocycles. The second kappa shape index (κ2) is 7.54. The van der Waals surface area contributed by atoms with Crippen LogP contribution < -0.4 is 0 Å². The van der Waals surface area contributed by atoms with Gasteiger partial charge in [0.05, 0.1) is 15.4 Å². The van der Waals surface area contributed by atoms with E-state index in [1.165, 1.54) is 18.2 Å². The number of alkyl halides is 3. The highest BCUT2D eigenvalue weighted by molar-refractivity contribution is 6.34. The van der Waals surface area contributed by atoms with Gasteiger partial charge in [0.1, 0.15) is 0 Å². The molecule has 2 aromatic rings. The number of hydrogen-bond acceptors (Lipinski definition) is 4. The van der Waals surface area contributed by atoms with Crippen LogP contribution in [0.4, 0.5) is 24.5 Å². The minimum absolute atomic E-state index is 0.447. The van der Waals surface area contributed by atoms with Gasteiger partial charge in [-0.25, -0.2) is 0 Å². The average molecular weight is 349 g/mol. The molecule has 2 aromatic carbocycles. The highest BCUT2D eigenvalue weighted by Gasteiger charge is 2.29. The molecule has 0 fully saturated rings. The number of nitro groups is 2. The molecule has 0 bridgehead atoms. The first-order valence-electron chi connectivity index (χ1n) is 5.84. The molecule has 122 valence electrons. The molecule has 0 radical (unpaired) electrons. The Labute approximate surface area is 132 Å². The standard InChI is InChI=1S/C7H5F3.C6H3ClN2O4/c8-7(9,10)6-4-2-1-3-5-6;7-6-4(8(10)11)2-1-3-5(6)9(12)13/h1-5H;1-3H. The molecule has 0 aliphatic rings. The van der Waals surface area contributed by atoms with Crippen molar-refractivity contribution in [1.29, 1.82) is 0 Å². The highest BCUT2D eigenvalue weighted by atomic mass is 35.5. The Balaban J connectivity index is 0.000000238. The largest absolute Gasteiger partial charge is 0.416 e. The molecule has 0 aromatic heterocycles. The van der Waals surface area contributed by atoms with E-state index in [-0.39, 0.29) is 0 Å². The molecule has 2 rings (SSSR count). The zero-order valence-electron chi connectivity index (χ0n) is 11.2. The van der Waals surface area contributed by atoms with Gasteiger partial charge in [-0.3, -0.25) is 20.2 Å². The zero-order chi connectivity index (χ0) is 17.6.